The molecule has 1 unspecified atom stereocenters. The standard InChI is InChI=1S/C23H33NO/c1-22(2)13-7-14-23(3,25-22)15-8-16-24-17-11-21(12-18-24)19-20-9-5-4-6-10-20/h4-6,9-10,21H,7,11-14,16-19H2,1-3H3. The minimum absolute atomic E-state index is 0.0303. The van der Waals surface area contributed by atoms with Gasteiger partial charge in [-0.05, 0) is 83.9 Å². The third-order valence-electron chi connectivity index (χ3n) is 5.66. The lowest BCUT2D eigenvalue weighted by Crippen LogP contribution is -2.42. The molecule has 3 rings (SSSR count). The summed E-state index contributed by atoms with van der Waals surface area (Å²) in [6.07, 6.45) is 7.21. The van der Waals surface area contributed by atoms with E-state index in [1.165, 1.54) is 44.3 Å². The van der Waals surface area contributed by atoms with E-state index < -0.39 is 0 Å². The van der Waals surface area contributed by atoms with Crippen molar-refractivity contribution in [2.24, 2.45) is 5.92 Å². The van der Waals surface area contributed by atoms with Gasteiger partial charge in [-0.2, -0.15) is 0 Å². The molecule has 0 spiro atoms. The van der Waals surface area contributed by atoms with Crippen LogP contribution < -0.4 is 0 Å². The summed E-state index contributed by atoms with van der Waals surface area (Å²) >= 11 is 0. The molecule has 0 N–H and O–H groups in total. The van der Waals surface area contributed by atoms with Crippen molar-refractivity contribution in [2.75, 3.05) is 19.6 Å². The molecule has 2 aliphatic heterocycles. The number of hydrogen-bond acceptors (Lipinski definition) is 2. The molecule has 25 heavy (non-hydrogen) atoms. The molecule has 0 amide bonds. The van der Waals surface area contributed by atoms with Crippen molar-refractivity contribution in [3.05, 3.63) is 35.9 Å². The summed E-state index contributed by atoms with van der Waals surface area (Å²) in [4.78, 5) is 2.51. The van der Waals surface area contributed by atoms with Gasteiger partial charge < -0.3 is 4.74 Å². The predicted molar refractivity (Wildman–Crippen MR) is 105 cm³/mol. The molecule has 2 nitrogen and oxygen atoms in total. The Hall–Kier alpha value is -1.30. The maximum atomic E-state index is 6.24. The molecule has 0 aromatic heterocycles. The fraction of sp³-hybridized carbons (Fsp3) is 0.652. The lowest BCUT2D eigenvalue weighted by molar-refractivity contribution is -0.135. The summed E-state index contributed by atoms with van der Waals surface area (Å²) in [7, 11) is 0. The third kappa shape index (κ3) is 5.59. The second kappa shape index (κ2) is 7.94. The van der Waals surface area contributed by atoms with Gasteiger partial charge in [0.1, 0.15) is 5.60 Å². The molecule has 0 saturated carbocycles. The van der Waals surface area contributed by atoms with Crippen LogP contribution in [0.3, 0.4) is 0 Å². The summed E-state index contributed by atoms with van der Waals surface area (Å²) in [6.45, 7) is 9.77. The normalized spacial score (nSPS) is 27.5. The lowest BCUT2D eigenvalue weighted by Gasteiger charge is -2.40. The molecule has 1 aromatic rings. The SMILES string of the molecule is CC1(C)CCCC(C)(C#CCN2CCC(Cc3ccccc3)CC2)O1. The van der Waals surface area contributed by atoms with Gasteiger partial charge in [0.25, 0.3) is 0 Å². The molecule has 0 bridgehead atoms. The molecule has 0 radical (unpaired) electrons. The summed E-state index contributed by atoms with van der Waals surface area (Å²) in [6, 6.07) is 10.9. The topological polar surface area (TPSA) is 12.5 Å². The van der Waals surface area contributed by atoms with Gasteiger partial charge in [-0.3, -0.25) is 4.90 Å². The van der Waals surface area contributed by atoms with E-state index in [-0.39, 0.29) is 11.2 Å². The highest BCUT2D eigenvalue weighted by Crippen LogP contribution is 2.34. The number of ether oxygens (including phenoxy) is 1. The summed E-state index contributed by atoms with van der Waals surface area (Å²) < 4.78 is 6.24. The molecule has 2 heteroatoms. The van der Waals surface area contributed by atoms with E-state index in [1.807, 2.05) is 0 Å². The third-order valence-corrected chi connectivity index (χ3v) is 5.66. The largest absolute Gasteiger partial charge is 0.357 e. The molecule has 2 saturated heterocycles. The van der Waals surface area contributed by atoms with E-state index in [1.54, 1.807) is 0 Å². The van der Waals surface area contributed by atoms with Crippen molar-refractivity contribution in [3.8, 4) is 11.8 Å². The van der Waals surface area contributed by atoms with Crippen molar-refractivity contribution in [2.45, 2.75) is 70.5 Å². The van der Waals surface area contributed by atoms with Crippen LogP contribution in [0.1, 0.15) is 58.4 Å². The first-order valence-corrected chi connectivity index (χ1v) is 9.91. The molecular formula is C23H33NO. The van der Waals surface area contributed by atoms with E-state index in [2.05, 4.69) is 67.8 Å². The number of piperidine rings is 1. The van der Waals surface area contributed by atoms with Crippen LogP contribution in [0.25, 0.3) is 0 Å². The second-order valence-electron chi connectivity index (χ2n) is 8.66. The highest BCUT2D eigenvalue weighted by molar-refractivity contribution is 5.17. The minimum atomic E-state index is -0.257. The van der Waals surface area contributed by atoms with E-state index in [4.69, 9.17) is 4.74 Å². The van der Waals surface area contributed by atoms with Crippen molar-refractivity contribution < 1.29 is 4.74 Å². The zero-order valence-electron chi connectivity index (χ0n) is 16.2. The first kappa shape index (κ1) is 18.5. The second-order valence-corrected chi connectivity index (χ2v) is 8.66. The number of nitrogens with zero attached hydrogens (tertiary/aromatic N) is 1. The van der Waals surface area contributed by atoms with Crippen LogP contribution in [0.15, 0.2) is 30.3 Å². The van der Waals surface area contributed by atoms with Crippen LogP contribution in [-0.2, 0) is 11.2 Å². The van der Waals surface area contributed by atoms with Gasteiger partial charge in [0.15, 0.2) is 0 Å². The highest BCUT2D eigenvalue weighted by Gasteiger charge is 2.35. The van der Waals surface area contributed by atoms with Crippen LogP contribution >= 0.6 is 0 Å². The zero-order chi connectivity index (χ0) is 17.8. The van der Waals surface area contributed by atoms with Gasteiger partial charge in [0, 0.05) is 0 Å². The first-order valence-electron chi connectivity index (χ1n) is 9.91. The summed E-state index contributed by atoms with van der Waals surface area (Å²) in [5.74, 6) is 7.68. The Labute approximate surface area is 153 Å². The smallest absolute Gasteiger partial charge is 0.126 e. The molecule has 1 aromatic carbocycles. The molecule has 1 atom stereocenters. The Bertz CT molecular complexity index is 604. The molecule has 136 valence electrons. The average molecular weight is 340 g/mol. The van der Waals surface area contributed by atoms with Gasteiger partial charge in [-0.1, -0.05) is 42.2 Å². The van der Waals surface area contributed by atoms with E-state index >= 15 is 0 Å². The van der Waals surface area contributed by atoms with Gasteiger partial charge in [-0.25, -0.2) is 0 Å². The molecule has 2 fully saturated rings. The number of rotatable bonds is 3. The Morgan fingerprint density at radius 3 is 2.48 bits per heavy atom. The quantitative estimate of drug-likeness (QED) is 0.741. The van der Waals surface area contributed by atoms with Crippen LogP contribution in [0.5, 0.6) is 0 Å². The highest BCUT2D eigenvalue weighted by atomic mass is 16.5. The average Bonchev–Trinajstić information content (AvgIpc) is 2.56. The van der Waals surface area contributed by atoms with Crippen LogP contribution in [0.4, 0.5) is 0 Å². The minimum Gasteiger partial charge on any atom is -0.357 e. The van der Waals surface area contributed by atoms with Crippen molar-refractivity contribution in [1.29, 1.82) is 0 Å². The number of hydrogen-bond donors (Lipinski definition) is 0. The zero-order valence-corrected chi connectivity index (χ0v) is 16.2. The van der Waals surface area contributed by atoms with Crippen molar-refractivity contribution in [3.63, 3.8) is 0 Å². The number of benzene rings is 1. The van der Waals surface area contributed by atoms with E-state index in [0.29, 0.717) is 0 Å². The maximum Gasteiger partial charge on any atom is 0.126 e. The summed E-state index contributed by atoms with van der Waals surface area (Å²) in [5.41, 5.74) is 1.19. The van der Waals surface area contributed by atoms with Gasteiger partial charge in [0.2, 0.25) is 0 Å². The molecule has 0 aliphatic carbocycles. The fourth-order valence-electron chi connectivity index (χ4n) is 4.29. The Morgan fingerprint density at radius 2 is 1.80 bits per heavy atom. The van der Waals surface area contributed by atoms with E-state index in [0.717, 1.165) is 25.3 Å². The Balaban J connectivity index is 1.44. The van der Waals surface area contributed by atoms with Gasteiger partial charge >= 0.3 is 0 Å². The van der Waals surface area contributed by atoms with Crippen molar-refractivity contribution in [1.82, 2.24) is 4.90 Å². The molecule has 2 aliphatic rings. The maximum absolute atomic E-state index is 6.24. The van der Waals surface area contributed by atoms with Crippen LogP contribution in [0.2, 0.25) is 0 Å². The monoisotopic (exact) mass is 339 g/mol. The molecule has 2 heterocycles. The fourth-order valence-corrected chi connectivity index (χ4v) is 4.29. The van der Waals surface area contributed by atoms with Crippen LogP contribution in [-0.4, -0.2) is 35.7 Å². The van der Waals surface area contributed by atoms with Gasteiger partial charge in [0.05, 0.1) is 12.1 Å². The lowest BCUT2D eigenvalue weighted by atomic mass is 9.88. The number of likely N-dealkylation sites (tertiary alicyclic amines) is 1. The summed E-state index contributed by atoms with van der Waals surface area (Å²) in [5, 5.41) is 0. The predicted octanol–water partition coefficient (Wildman–Crippen LogP) is 4.68. The van der Waals surface area contributed by atoms with Crippen LogP contribution in [0, 0.1) is 17.8 Å². The van der Waals surface area contributed by atoms with Crippen molar-refractivity contribution >= 4 is 0 Å². The molecular weight excluding hydrogens is 306 g/mol. The Kier molecular flexibility index (Phi) is 5.87. The van der Waals surface area contributed by atoms with Gasteiger partial charge in [-0.15, -0.1) is 0 Å². The first-order chi connectivity index (χ1) is 11.9. The van der Waals surface area contributed by atoms with E-state index in [9.17, 15) is 0 Å². The Morgan fingerprint density at radius 1 is 1.08 bits per heavy atom.